The molecule has 1 aliphatic heterocycles. The molecule has 0 radical (unpaired) electrons. The number of nitrogens with one attached hydrogen (secondary N) is 1. The predicted octanol–water partition coefficient (Wildman–Crippen LogP) is 3.23. The Labute approximate surface area is 208 Å². The van der Waals surface area contributed by atoms with Crippen molar-refractivity contribution in [2.24, 2.45) is 0 Å². The fourth-order valence-corrected chi connectivity index (χ4v) is 4.48. The van der Waals surface area contributed by atoms with Gasteiger partial charge in [0, 0.05) is 43.6 Å². The molecule has 36 heavy (non-hydrogen) atoms. The first kappa shape index (κ1) is 23.3. The van der Waals surface area contributed by atoms with Gasteiger partial charge in [0.2, 0.25) is 0 Å². The van der Waals surface area contributed by atoms with Gasteiger partial charge in [-0.05, 0) is 55.3 Å². The van der Waals surface area contributed by atoms with Gasteiger partial charge in [-0.3, -0.25) is 9.20 Å². The number of fused-ring (bicyclic) bond motifs is 1. The van der Waals surface area contributed by atoms with E-state index in [2.05, 4.69) is 10.4 Å². The summed E-state index contributed by atoms with van der Waals surface area (Å²) in [4.78, 5) is 42.0. The van der Waals surface area contributed by atoms with E-state index < -0.39 is 0 Å². The molecular formula is C27H28N6O3. The summed E-state index contributed by atoms with van der Waals surface area (Å²) in [5.41, 5.74) is 3.59. The van der Waals surface area contributed by atoms with Crippen LogP contribution in [0, 0.1) is 6.92 Å². The number of pyridine rings is 1. The van der Waals surface area contributed by atoms with Gasteiger partial charge in [0.05, 0.1) is 6.54 Å². The summed E-state index contributed by atoms with van der Waals surface area (Å²) in [6.07, 6.45) is 2.40. The Hall–Kier alpha value is -4.40. The zero-order valence-electron chi connectivity index (χ0n) is 20.1. The number of nitrogens with zero attached hydrogens (tertiary/aromatic N) is 5. The molecule has 9 heteroatoms. The topological polar surface area (TPSA) is 91.9 Å². The van der Waals surface area contributed by atoms with E-state index in [1.165, 1.54) is 9.08 Å². The van der Waals surface area contributed by atoms with Crippen LogP contribution in [-0.2, 0) is 6.54 Å². The number of benzene rings is 2. The van der Waals surface area contributed by atoms with Crippen LogP contribution < -0.4 is 11.0 Å². The average Bonchev–Trinajstić information content (AvgIpc) is 3.04. The molecule has 4 aromatic rings. The number of anilines is 1. The van der Waals surface area contributed by atoms with E-state index in [1.807, 2.05) is 66.4 Å². The van der Waals surface area contributed by atoms with E-state index in [4.69, 9.17) is 0 Å². The van der Waals surface area contributed by atoms with Crippen LogP contribution in [0.2, 0.25) is 0 Å². The predicted molar refractivity (Wildman–Crippen MR) is 137 cm³/mol. The number of urea groups is 1. The first-order chi connectivity index (χ1) is 17.5. The molecule has 1 saturated heterocycles. The summed E-state index contributed by atoms with van der Waals surface area (Å²) >= 11 is 0. The fraction of sp³-hybridized carbons (Fsp3) is 0.259. The second kappa shape index (κ2) is 10.1. The molecule has 2 aromatic heterocycles. The minimum Gasteiger partial charge on any atom is -0.337 e. The van der Waals surface area contributed by atoms with Gasteiger partial charge >= 0.3 is 11.7 Å². The molecule has 5 rings (SSSR count). The van der Waals surface area contributed by atoms with Crippen LogP contribution in [0.3, 0.4) is 0 Å². The maximum absolute atomic E-state index is 13.0. The van der Waals surface area contributed by atoms with E-state index in [-0.39, 0.29) is 17.6 Å². The molecule has 0 spiro atoms. The first-order valence-electron chi connectivity index (χ1n) is 12.0. The van der Waals surface area contributed by atoms with Gasteiger partial charge in [-0.15, -0.1) is 5.10 Å². The Morgan fingerprint density at radius 1 is 0.917 bits per heavy atom. The Morgan fingerprint density at radius 2 is 1.72 bits per heavy atom. The quantitative estimate of drug-likeness (QED) is 0.481. The average molecular weight is 485 g/mol. The van der Waals surface area contributed by atoms with Crippen LogP contribution >= 0.6 is 0 Å². The summed E-state index contributed by atoms with van der Waals surface area (Å²) in [5, 5.41) is 7.33. The molecule has 0 bridgehead atoms. The molecule has 1 N–H and O–H groups in total. The minimum absolute atomic E-state index is 0.00384. The Kier molecular flexibility index (Phi) is 6.53. The Bertz CT molecular complexity index is 1470. The monoisotopic (exact) mass is 484 g/mol. The molecule has 0 saturated carbocycles. The van der Waals surface area contributed by atoms with Crippen LogP contribution in [0.5, 0.6) is 0 Å². The lowest BCUT2D eigenvalue weighted by atomic mass is 10.1. The lowest BCUT2D eigenvalue weighted by Crippen LogP contribution is -2.39. The summed E-state index contributed by atoms with van der Waals surface area (Å²) < 4.78 is 2.91. The molecule has 184 valence electrons. The molecular weight excluding hydrogens is 456 g/mol. The van der Waals surface area contributed by atoms with Crippen LogP contribution in [0.1, 0.15) is 27.9 Å². The van der Waals surface area contributed by atoms with Crippen molar-refractivity contribution in [1.29, 1.82) is 0 Å². The molecule has 2 aromatic carbocycles. The lowest BCUT2D eigenvalue weighted by Gasteiger charge is -2.23. The number of hydrogen-bond donors (Lipinski definition) is 1. The van der Waals surface area contributed by atoms with E-state index in [0.717, 1.165) is 11.1 Å². The molecule has 1 aliphatic rings. The van der Waals surface area contributed by atoms with Crippen LogP contribution in [0.4, 0.5) is 10.5 Å². The van der Waals surface area contributed by atoms with Gasteiger partial charge in [-0.25, -0.2) is 14.3 Å². The van der Waals surface area contributed by atoms with E-state index in [0.29, 0.717) is 56.0 Å². The smallest absolute Gasteiger partial charge is 0.337 e. The second-order valence-corrected chi connectivity index (χ2v) is 9.00. The van der Waals surface area contributed by atoms with Gasteiger partial charge in [0.15, 0.2) is 5.65 Å². The van der Waals surface area contributed by atoms with E-state index in [1.54, 1.807) is 23.2 Å². The van der Waals surface area contributed by atoms with E-state index in [9.17, 15) is 14.4 Å². The van der Waals surface area contributed by atoms with Gasteiger partial charge in [-0.1, -0.05) is 35.9 Å². The van der Waals surface area contributed by atoms with Crippen molar-refractivity contribution in [2.45, 2.75) is 19.9 Å². The van der Waals surface area contributed by atoms with Crippen molar-refractivity contribution < 1.29 is 9.59 Å². The maximum Gasteiger partial charge on any atom is 0.350 e. The lowest BCUT2D eigenvalue weighted by molar-refractivity contribution is 0.0762. The number of aromatic nitrogens is 3. The van der Waals surface area contributed by atoms with Crippen molar-refractivity contribution in [3.8, 4) is 0 Å². The summed E-state index contributed by atoms with van der Waals surface area (Å²) in [6.45, 7) is 4.39. The van der Waals surface area contributed by atoms with Gasteiger partial charge in [0.1, 0.15) is 0 Å². The third kappa shape index (κ3) is 5.00. The molecule has 3 heterocycles. The molecule has 3 amide bonds. The highest BCUT2D eigenvalue weighted by Crippen LogP contribution is 2.15. The Morgan fingerprint density at radius 3 is 2.56 bits per heavy atom. The van der Waals surface area contributed by atoms with Crippen LogP contribution in [-0.4, -0.2) is 62.1 Å². The molecule has 1 fully saturated rings. The fourth-order valence-electron chi connectivity index (χ4n) is 4.48. The zero-order chi connectivity index (χ0) is 25.1. The van der Waals surface area contributed by atoms with Gasteiger partial charge in [0.25, 0.3) is 5.91 Å². The Balaban J connectivity index is 1.22. The SMILES string of the molecule is Cc1cccc(C(=O)N2CCCN(C(=O)Nc3cccc(Cn4nc5ccccn5c4=O)c3)CC2)c1. The molecule has 0 unspecified atom stereocenters. The van der Waals surface area contributed by atoms with E-state index >= 15 is 0 Å². The largest absolute Gasteiger partial charge is 0.350 e. The van der Waals surface area contributed by atoms with Crippen LogP contribution in [0.15, 0.2) is 77.7 Å². The summed E-state index contributed by atoms with van der Waals surface area (Å²) in [7, 11) is 0. The minimum atomic E-state index is -0.214. The van der Waals surface area contributed by atoms with Crippen molar-refractivity contribution in [3.63, 3.8) is 0 Å². The summed E-state index contributed by atoms with van der Waals surface area (Å²) in [6, 6.07) is 20.2. The zero-order valence-corrected chi connectivity index (χ0v) is 20.1. The normalized spacial score (nSPS) is 14.0. The number of hydrogen-bond acceptors (Lipinski definition) is 4. The highest BCUT2D eigenvalue weighted by atomic mass is 16.2. The van der Waals surface area contributed by atoms with Crippen molar-refractivity contribution >= 4 is 23.3 Å². The highest BCUT2D eigenvalue weighted by molar-refractivity contribution is 5.94. The molecule has 9 nitrogen and oxygen atoms in total. The van der Waals surface area contributed by atoms with Gasteiger partial charge < -0.3 is 15.1 Å². The molecule has 0 aliphatic carbocycles. The first-order valence-corrected chi connectivity index (χ1v) is 12.0. The number of amides is 3. The standard InChI is InChI=1S/C27H28N6O3/c1-20-7-4-9-22(17-20)25(34)30-12-6-13-31(16-15-30)26(35)28-23-10-5-8-21(18-23)19-33-27(36)32-14-3-2-11-24(32)29-33/h2-5,7-11,14,17-18H,6,12-13,15-16,19H2,1H3,(H,28,35). The number of carbonyl (C=O) groups excluding carboxylic acids is 2. The maximum atomic E-state index is 13.0. The number of aryl methyl sites for hydroxylation is 1. The number of rotatable bonds is 4. The van der Waals surface area contributed by atoms with Crippen molar-refractivity contribution in [3.05, 3.63) is 100 Å². The van der Waals surface area contributed by atoms with Crippen molar-refractivity contribution in [1.82, 2.24) is 24.0 Å². The highest BCUT2D eigenvalue weighted by Gasteiger charge is 2.23. The summed E-state index contributed by atoms with van der Waals surface area (Å²) in [5.74, 6) is -0.00384. The molecule has 0 atom stereocenters. The second-order valence-electron chi connectivity index (χ2n) is 9.00. The third-order valence-corrected chi connectivity index (χ3v) is 6.33. The number of carbonyl (C=O) groups is 2. The van der Waals surface area contributed by atoms with Gasteiger partial charge in [-0.2, -0.15) is 0 Å². The van der Waals surface area contributed by atoms with Crippen molar-refractivity contribution in [2.75, 3.05) is 31.5 Å². The van der Waals surface area contributed by atoms with Crippen LogP contribution in [0.25, 0.3) is 5.65 Å². The third-order valence-electron chi connectivity index (χ3n) is 6.33.